The molecule has 2 aliphatic heterocycles. The lowest BCUT2D eigenvalue weighted by Gasteiger charge is -2.26. The smallest absolute Gasteiger partial charge is 0.273 e. The summed E-state index contributed by atoms with van der Waals surface area (Å²) in [7, 11) is 0. The number of thiazole rings is 1. The van der Waals surface area contributed by atoms with E-state index in [0.29, 0.717) is 5.69 Å². The number of hydrogen-bond donors (Lipinski definition) is 0. The van der Waals surface area contributed by atoms with Gasteiger partial charge in [-0.25, -0.2) is 4.98 Å². The minimum Gasteiger partial charge on any atom is -0.336 e. The average molecular weight is 394 g/mol. The van der Waals surface area contributed by atoms with Crippen LogP contribution in [0.25, 0.3) is 0 Å². The molecule has 2 fully saturated rings. The summed E-state index contributed by atoms with van der Waals surface area (Å²) in [6.07, 6.45) is 1.94. The topological polar surface area (TPSA) is 53.5 Å². The fourth-order valence-electron chi connectivity index (χ4n) is 3.34. The Bertz CT molecular complexity index is 753. The van der Waals surface area contributed by atoms with Gasteiger partial charge in [0.1, 0.15) is 5.69 Å². The Morgan fingerprint density at radius 3 is 2.72 bits per heavy atom. The molecule has 5 nitrogen and oxygen atoms in total. The zero-order chi connectivity index (χ0) is 17.2. The van der Waals surface area contributed by atoms with Gasteiger partial charge < -0.3 is 9.80 Å². The van der Waals surface area contributed by atoms with Crippen molar-refractivity contribution in [3.05, 3.63) is 38.5 Å². The highest BCUT2D eigenvalue weighted by atomic mass is 32.2. The van der Waals surface area contributed by atoms with Gasteiger partial charge >= 0.3 is 0 Å². The molecule has 25 heavy (non-hydrogen) atoms. The first-order chi connectivity index (χ1) is 12.2. The molecule has 0 unspecified atom stereocenters. The van der Waals surface area contributed by atoms with Crippen molar-refractivity contribution in [2.75, 3.05) is 31.1 Å². The Morgan fingerprint density at radius 2 is 1.96 bits per heavy atom. The summed E-state index contributed by atoms with van der Waals surface area (Å²) in [4.78, 5) is 35.2. The molecular weight excluding hydrogens is 374 g/mol. The normalized spacial score (nSPS) is 20.9. The van der Waals surface area contributed by atoms with E-state index in [0.717, 1.165) is 53.7 Å². The second-order valence-corrected chi connectivity index (χ2v) is 9.20. The number of thiophene rings is 1. The zero-order valence-electron chi connectivity index (χ0n) is 13.7. The van der Waals surface area contributed by atoms with Crippen LogP contribution >= 0.6 is 34.4 Å². The standard InChI is InChI=1S/C17H19N3O2S3/c21-16(12-10-24-11-18-12)20-5-1-2-13(20)14-3-4-15(25-14)17(22)19-6-8-23-9-7-19/h3-4,10-11,13H,1-2,5-9H2/t13-/m0/s1. The highest BCUT2D eigenvalue weighted by molar-refractivity contribution is 7.99. The number of aromatic nitrogens is 1. The molecule has 2 aromatic rings. The molecule has 0 N–H and O–H groups in total. The van der Waals surface area contributed by atoms with E-state index in [1.807, 2.05) is 33.7 Å². The van der Waals surface area contributed by atoms with E-state index in [1.54, 1.807) is 22.2 Å². The predicted molar refractivity (Wildman–Crippen MR) is 103 cm³/mol. The van der Waals surface area contributed by atoms with Gasteiger partial charge in [0.15, 0.2) is 0 Å². The largest absolute Gasteiger partial charge is 0.336 e. The van der Waals surface area contributed by atoms with Crippen LogP contribution in [0, 0.1) is 0 Å². The van der Waals surface area contributed by atoms with Crippen molar-refractivity contribution in [3.63, 3.8) is 0 Å². The lowest BCUT2D eigenvalue weighted by Crippen LogP contribution is -2.37. The molecule has 0 radical (unpaired) electrons. The summed E-state index contributed by atoms with van der Waals surface area (Å²) < 4.78 is 0. The summed E-state index contributed by atoms with van der Waals surface area (Å²) in [5.74, 6) is 2.16. The molecule has 2 aliphatic rings. The first-order valence-electron chi connectivity index (χ1n) is 8.40. The Labute approximate surface area is 159 Å². The third-order valence-corrected chi connectivity index (χ3v) is 7.33. The zero-order valence-corrected chi connectivity index (χ0v) is 16.2. The van der Waals surface area contributed by atoms with Crippen LogP contribution in [0.2, 0.25) is 0 Å². The van der Waals surface area contributed by atoms with Gasteiger partial charge in [-0.2, -0.15) is 11.8 Å². The average Bonchev–Trinajstić information content (AvgIpc) is 3.42. The number of likely N-dealkylation sites (tertiary alicyclic amines) is 1. The van der Waals surface area contributed by atoms with Crippen LogP contribution < -0.4 is 0 Å². The van der Waals surface area contributed by atoms with Crippen LogP contribution in [0.15, 0.2) is 23.0 Å². The van der Waals surface area contributed by atoms with Gasteiger partial charge in [-0.15, -0.1) is 22.7 Å². The summed E-state index contributed by atoms with van der Waals surface area (Å²) >= 11 is 4.88. The Balaban J connectivity index is 1.50. The maximum atomic E-state index is 12.7. The molecule has 4 heterocycles. The van der Waals surface area contributed by atoms with Crippen LogP contribution in [-0.2, 0) is 0 Å². The maximum Gasteiger partial charge on any atom is 0.273 e. The Kier molecular flexibility index (Phi) is 5.10. The van der Waals surface area contributed by atoms with Gasteiger partial charge in [0.2, 0.25) is 0 Å². The maximum absolute atomic E-state index is 12.7. The number of rotatable bonds is 3. The summed E-state index contributed by atoms with van der Waals surface area (Å²) in [5.41, 5.74) is 2.22. The highest BCUT2D eigenvalue weighted by Crippen LogP contribution is 2.37. The molecule has 0 bridgehead atoms. The SMILES string of the molecule is O=C(c1ccc([C@@H]2CCCN2C(=O)c2cscn2)s1)N1CCSCC1. The lowest BCUT2D eigenvalue weighted by atomic mass is 10.2. The minimum atomic E-state index is -0.00178. The third kappa shape index (κ3) is 3.47. The van der Waals surface area contributed by atoms with E-state index >= 15 is 0 Å². The quantitative estimate of drug-likeness (QED) is 0.802. The summed E-state index contributed by atoms with van der Waals surface area (Å²) in [6, 6.07) is 4.01. The molecule has 0 saturated carbocycles. The van der Waals surface area contributed by atoms with Crippen molar-refractivity contribution < 1.29 is 9.59 Å². The first-order valence-corrected chi connectivity index (χ1v) is 11.3. The lowest BCUT2D eigenvalue weighted by molar-refractivity contribution is 0.0732. The van der Waals surface area contributed by atoms with Crippen molar-refractivity contribution in [1.29, 1.82) is 0 Å². The van der Waals surface area contributed by atoms with Gasteiger partial charge in [0, 0.05) is 41.4 Å². The summed E-state index contributed by atoms with van der Waals surface area (Å²) in [6.45, 7) is 2.41. The van der Waals surface area contributed by atoms with E-state index in [2.05, 4.69) is 4.98 Å². The number of hydrogen-bond acceptors (Lipinski definition) is 6. The van der Waals surface area contributed by atoms with Crippen molar-refractivity contribution >= 4 is 46.2 Å². The Morgan fingerprint density at radius 1 is 1.12 bits per heavy atom. The molecule has 0 spiro atoms. The first kappa shape index (κ1) is 17.1. The summed E-state index contributed by atoms with van der Waals surface area (Å²) in [5, 5.41) is 1.80. The van der Waals surface area contributed by atoms with E-state index in [9.17, 15) is 9.59 Å². The van der Waals surface area contributed by atoms with Gasteiger partial charge in [-0.3, -0.25) is 9.59 Å². The van der Waals surface area contributed by atoms with Gasteiger partial charge in [0.05, 0.1) is 16.4 Å². The van der Waals surface area contributed by atoms with E-state index in [4.69, 9.17) is 0 Å². The second-order valence-electron chi connectivity index (χ2n) is 6.14. The molecule has 132 valence electrons. The fourth-order valence-corrected chi connectivity index (χ4v) is 5.89. The van der Waals surface area contributed by atoms with Crippen molar-refractivity contribution in [2.45, 2.75) is 18.9 Å². The molecule has 2 saturated heterocycles. The van der Waals surface area contributed by atoms with Crippen LogP contribution in [0.1, 0.15) is 43.9 Å². The van der Waals surface area contributed by atoms with E-state index in [-0.39, 0.29) is 17.9 Å². The van der Waals surface area contributed by atoms with E-state index in [1.165, 1.54) is 11.3 Å². The van der Waals surface area contributed by atoms with Crippen molar-refractivity contribution in [1.82, 2.24) is 14.8 Å². The number of nitrogens with zero attached hydrogens (tertiary/aromatic N) is 3. The van der Waals surface area contributed by atoms with Crippen LogP contribution in [-0.4, -0.2) is 57.7 Å². The van der Waals surface area contributed by atoms with Crippen LogP contribution in [0.5, 0.6) is 0 Å². The molecule has 0 aromatic carbocycles. The number of thioether (sulfide) groups is 1. The number of carbonyl (C=O) groups excluding carboxylic acids is 2. The number of carbonyl (C=O) groups is 2. The predicted octanol–water partition coefficient (Wildman–Crippen LogP) is 3.37. The van der Waals surface area contributed by atoms with Crippen LogP contribution in [0.4, 0.5) is 0 Å². The number of amides is 2. The third-order valence-electron chi connectivity index (χ3n) is 4.63. The van der Waals surface area contributed by atoms with Gasteiger partial charge in [-0.05, 0) is 25.0 Å². The molecule has 1 atom stereocenters. The second kappa shape index (κ2) is 7.47. The van der Waals surface area contributed by atoms with Gasteiger partial charge in [0.25, 0.3) is 11.8 Å². The minimum absolute atomic E-state index is 0.00178. The molecule has 2 amide bonds. The molecular formula is C17H19N3O2S3. The molecule has 4 rings (SSSR count). The highest BCUT2D eigenvalue weighted by Gasteiger charge is 2.33. The fraction of sp³-hybridized carbons (Fsp3) is 0.471. The monoisotopic (exact) mass is 393 g/mol. The molecule has 8 heteroatoms. The molecule has 0 aliphatic carbocycles. The van der Waals surface area contributed by atoms with E-state index < -0.39 is 0 Å². The van der Waals surface area contributed by atoms with Crippen LogP contribution in [0.3, 0.4) is 0 Å². The van der Waals surface area contributed by atoms with Crippen molar-refractivity contribution in [2.24, 2.45) is 0 Å². The van der Waals surface area contributed by atoms with Gasteiger partial charge in [-0.1, -0.05) is 0 Å². The Hall–Kier alpha value is -1.38. The molecule has 2 aromatic heterocycles. The van der Waals surface area contributed by atoms with Crippen molar-refractivity contribution in [3.8, 4) is 0 Å².